The van der Waals surface area contributed by atoms with Gasteiger partial charge in [0.2, 0.25) is 6.61 Å². The summed E-state index contributed by atoms with van der Waals surface area (Å²) in [5, 5.41) is 12.3. The van der Waals surface area contributed by atoms with E-state index in [4.69, 9.17) is 14.8 Å². The van der Waals surface area contributed by atoms with Gasteiger partial charge in [0, 0.05) is 12.0 Å². The zero-order valence-electron chi connectivity index (χ0n) is 8.14. The quantitative estimate of drug-likeness (QED) is 0.542. The van der Waals surface area contributed by atoms with Gasteiger partial charge in [0.15, 0.2) is 0 Å². The van der Waals surface area contributed by atoms with Crippen molar-refractivity contribution < 1.29 is 9.57 Å². The van der Waals surface area contributed by atoms with Crippen molar-refractivity contribution in [1.29, 1.82) is 5.26 Å². The Balaban J connectivity index is 2.22. The number of ether oxygens (including phenoxy) is 1. The molecule has 0 unspecified atom stereocenters. The van der Waals surface area contributed by atoms with Crippen LogP contribution in [0.15, 0.2) is 29.4 Å². The summed E-state index contributed by atoms with van der Waals surface area (Å²) < 4.78 is 5.46. The number of para-hydroxylation sites is 1. The minimum Gasteiger partial charge on any atom is -0.492 e. The van der Waals surface area contributed by atoms with Crippen molar-refractivity contribution in [2.24, 2.45) is 5.16 Å². The molecular formula is C11H10N2O2. The van der Waals surface area contributed by atoms with Gasteiger partial charge >= 0.3 is 0 Å². The molecule has 0 amide bonds. The van der Waals surface area contributed by atoms with Crippen LogP contribution in [0.1, 0.15) is 12.0 Å². The Morgan fingerprint density at radius 1 is 1.47 bits per heavy atom. The summed E-state index contributed by atoms with van der Waals surface area (Å²) in [6.45, 7) is 0.582. The van der Waals surface area contributed by atoms with E-state index in [0.29, 0.717) is 13.0 Å². The first kappa shape index (κ1) is 9.53. The molecule has 4 nitrogen and oxygen atoms in total. The predicted molar refractivity (Wildman–Crippen MR) is 54.7 cm³/mol. The normalized spacial score (nSPS) is 16.3. The van der Waals surface area contributed by atoms with Gasteiger partial charge in [-0.1, -0.05) is 17.3 Å². The summed E-state index contributed by atoms with van der Waals surface area (Å²) in [6.07, 6.45) is 0.711. The SMILES string of the molecule is N#CCON=C1CCOc2ccccc21. The molecule has 0 fully saturated rings. The van der Waals surface area contributed by atoms with Crippen LogP contribution in [0.4, 0.5) is 0 Å². The molecular weight excluding hydrogens is 192 g/mol. The zero-order chi connectivity index (χ0) is 10.5. The van der Waals surface area contributed by atoms with E-state index in [1.165, 1.54) is 0 Å². The largest absolute Gasteiger partial charge is 0.492 e. The number of nitrogens with zero attached hydrogens (tertiary/aromatic N) is 2. The molecule has 0 spiro atoms. The van der Waals surface area contributed by atoms with Crippen LogP contribution in [0, 0.1) is 11.3 Å². The first-order valence-electron chi connectivity index (χ1n) is 4.70. The van der Waals surface area contributed by atoms with E-state index in [0.717, 1.165) is 17.0 Å². The maximum atomic E-state index is 8.32. The lowest BCUT2D eigenvalue weighted by Crippen LogP contribution is -2.16. The van der Waals surface area contributed by atoms with Gasteiger partial charge in [0.25, 0.3) is 0 Å². The first-order chi connectivity index (χ1) is 7.42. The number of nitriles is 1. The molecule has 0 saturated carbocycles. The smallest absolute Gasteiger partial charge is 0.202 e. The van der Waals surface area contributed by atoms with Gasteiger partial charge in [-0.15, -0.1) is 0 Å². The maximum Gasteiger partial charge on any atom is 0.202 e. The van der Waals surface area contributed by atoms with Gasteiger partial charge in [0.1, 0.15) is 11.8 Å². The third-order valence-corrected chi connectivity index (χ3v) is 2.10. The maximum absolute atomic E-state index is 8.32. The average Bonchev–Trinajstić information content (AvgIpc) is 2.30. The van der Waals surface area contributed by atoms with Crippen LogP contribution < -0.4 is 4.74 Å². The van der Waals surface area contributed by atoms with Crippen LogP contribution in [0.5, 0.6) is 5.75 Å². The standard InChI is InChI=1S/C11H10N2O2/c12-6-8-15-13-10-5-7-14-11-4-2-1-3-9(10)11/h1-4H,5,7-8H2. The highest BCUT2D eigenvalue weighted by Crippen LogP contribution is 2.24. The second-order valence-corrected chi connectivity index (χ2v) is 3.06. The fourth-order valence-electron chi connectivity index (χ4n) is 1.46. The molecule has 0 bridgehead atoms. The molecule has 0 radical (unpaired) electrons. The lowest BCUT2D eigenvalue weighted by Gasteiger charge is -2.17. The lowest BCUT2D eigenvalue weighted by atomic mass is 10.0. The monoisotopic (exact) mass is 202 g/mol. The van der Waals surface area contributed by atoms with E-state index < -0.39 is 0 Å². The van der Waals surface area contributed by atoms with Gasteiger partial charge in [0.05, 0.1) is 12.3 Å². The van der Waals surface area contributed by atoms with Crippen molar-refractivity contribution in [3.8, 4) is 11.8 Å². The molecule has 4 heteroatoms. The van der Waals surface area contributed by atoms with Crippen molar-refractivity contribution in [3.63, 3.8) is 0 Å². The third-order valence-electron chi connectivity index (χ3n) is 2.10. The molecule has 1 aliphatic rings. The minimum atomic E-state index is -0.0213. The van der Waals surface area contributed by atoms with Crippen LogP contribution in [-0.4, -0.2) is 18.9 Å². The van der Waals surface area contributed by atoms with Gasteiger partial charge in [-0.3, -0.25) is 0 Å². The van der Waals surface area contributed by atoms with Crippen molar-refractivity contribution >= 4 is 5.71 Å². The number of hydrogen-bond acceptors (Lipinski definition) is 4. The molecule has 0 N–H and O–H groups in total. The fourth-order valence-corrected chi connectivity index (χ4v) is 1.46. The van der Waals surface area contributed by atoms with E-state index in [2.05, 4.69) is 5.16 Å². The summed E-state index contributed by atoms with van der Waals surface area (Å²) in [4.78, 5) is 4.85. The van der Waals surface area contributed by atoms with Gasteiger partial charge in [-0.25, -0.2) is 0 Å². The number of rotatable bonds is 2. The molecule has 1 aromatic rings. The summed E-state index contributed by atoms with van der Waals surface area (Å²) >= 11 is 0. The molecule has 0 saturated heterocycles. The Morgan fingerprint density at radius 3 is 3.20 bits per heavy atom. The second kappa shape index (κ2) is 4.47. The third kappa shape index (κ3) is 2.08. The van der Waals surface area contributed by atoms with Gasteiger partial charge in [-0.2, -0.15) is 5.26 Å². The highest BCUT2D eigenvalue weighted by atomic mass is 16.6. The molecule has 1 heterocycles. The molecule has 0 atom stereocenters. The van der Waals surface area contributed by atoms with Crippen molar-refractivity contribution in [3.05, 3.63) is 29.8 Å². The number of hydrogen-bond donors (Lipinski definition) is 0. The zero-order valence-corrected chi connectivity index (χ0v) is 8.14. The minimum absolute atomic E-state index is 0.0213. The van der Waals surface area contributed by atoms with Gasteiger partial charge in [-0.05, 0) is 12.1 Å². The summed E-state index contributed by atoms with van der Waals surface area (Å²) in [6, 6.07) is 9.54. The lowest BCUT2D eigenvalue weighted by molar-refractivity contribution is 0.176. The number of fused-ring (bicyclic) bond motifs is 1. The van der Waals surface area contributed by atoms with Crippen molar-refractivity contribution in [2.75, 3.05) is 13.2 Å². The predicted octanol–water partition coefficient (Wildman–Crippen LogP) is 1.71. The molecule has 15 heavy (non-hydrogen) atoms. The summed E-state index contributed by atoms with van der Waals surface area (Å²) in [7, 11) is 0. The Hall–Kier alpha value is -2.02. The van der Waals surface area contributed by atoms with Crippen LogP contribution in [0.3, 0.4) is 0 Å². The summed E-state index contributed by atoms with van der Waals surface area (Å²) in [5.74, 6) is 0.822. The second-order valence-electron chi connectivity index (χ2n) is 3.06. The molecule has 76 valence electrons. The van der Waals surface area contributed by atoms with Crippen LogP contribution in [0.25, 0.3) is 0 Å². The summed E-state index contributed by atoms with van der Waals surface area (Å²) in [5.41, 5.74) is 1.79. The van der Waals surface area contributed by atoms with Gasteiger partial charge < -0.3 is 9.57 Å². The Labute approximate surface area is 87.7 Å². The fraction of sp³-hybridized carbons (Fsp3) is 0.273. The van der Waals surface area contributed by atoms with Crippen molar-refractivity contribution in [1.82, 2.24) is 0 Å². The van der Waals surface area contributed by atoms with Crippen LogP contribution in [0.2, 0.25) is 0 Å². The number of oxime groups is 1. The molecule has 1 aliphatic heterocycles. The Kier molecular flexibility index (Phi) is 2.84. The molecule has 0 aromatic heterocycles. The van der Waals surface area contributed by atoms with Crippen LogP contribution >= 0.6 is 0 Å². The highest BCUT2D eigenvalue weighted by Gasteiger charge is 2.16. The van der Waals surface area contributed by atoms with E-state index >= 15 is 0 Å². The van der Waals surface area contributed by atoms with E-state index in [1.807, 2.05) is 30.3 Å². The van der Waals surface area contributed by atoms with E-state index in [-0.39, 0.29) is 6.61 Å². The van der Waals surface area contributed by atoms with E-state index in [1.54, 1.807) is 0 Å². The topological polar surface area (TPSA) is 54.6 Å². The molecule has 2 rings (SSSR count). The molecule has 1 aromatic carbocycles. The highest BCUT2D eigenvalue weighted by molar-refractivity contribution is 6.03. The molecule has 0 aliphatic carbocycles. The van der Waals surface area contributed by atoms with E-state index in [9.17, 15) is 0 Å². The Bertz CT molecular complexity index is 421. The average molecular weight is 202 g/mol. The van der Waals surface area contributed by atoms with Crippen molar-refractivity contribution in [2.45, 2.75) is 6.42 Å². The first-order valence-corrected chi connectivity index (χ1v) is 4.70. The Morgan fingerprint density at radius 2 is 2.33 bits per heavy atom. The van der Waals surface area contributed by atoms with Crippen LogP contribution in [-0.2, 0) is 4.84 Å². The number of benzene rings is 1.